The van der Waals surface area contributed by atoms with Crippen LogP contribution in [0.5, 0.6) is 0 Å². The van der Waals surface area contributed by atoms with Crippen LogP contribution in [0.4, 0.5) is 5.69 Å². The fourth-order valence-corrected chi connectivity index (χ4v) is 4.09. The molecular formula is C28H28N6O. The molecule has 1 aromatic carbocycles. The maximum Gasteiger partial charge on any atom is 0.257 e. The molecule has 0 bridgehead atoms. The van der Waals surface area contributed by atoms with Crippen LogP contribution in [-0.2, 0) is 6.54 Å². The summed E-state index contributed by atoms with van der Waals surface area (Å²) >= 11 is 0. The monoisotopic (exact) mass is 467 g/mol. The van der Waals surface area contributed by atoms with Gasteiger partial charge < -0.3 is 10.2 Å². The Kier molecular flexibility index (Phi) is 5.58. The zero-order valence-corrected chi connectivity index (χ0v) is 19.5. The zero-order chi connectivity index (χ0) is 26.7. The molecule has 1 saturated heterocycles. The number of carbonyl (C=O) groups excluding carboxylic acids is 1. The van der Waals surface area contributed by atoms with Crippen LogP contribution in [0, 0.1) is 18.8 Å². The fourth-order valence-electron chi connectivity index (χ4n) is 4.09. The van der Waals surface area contributed by atoms with Crippen LogP contribution in [0.15, 0.2) is 67.3 Å². The summed E-state index contributed by atoms with van der Waals surface area (Å²) in [4.78, 5) is 25.3. The van der Waals surface area contributed by atoms with Crippen molar-refractivity contribution in [1.82, 2.24) is 24.2 Å². The number of fused-ring (bicyclic) bond motifs is 1. The van der Waals surface area contributed by atoms with Gasteiger partial charge in [0.2, 0.25) is 0 Å². The second-order valence-corrected chi connectivity index (χ2v) is 8.64. The molecule has 1 aliphatic heterocycles. The number of hydrogen-bond acceptors (Lipinski definition) is 5. The normalized spacial score (nSPS) is 16.1. The van der Waals surface area contributed by atoms with Crippen molar-refractivity contribution in [2.24, 2.45) is 0 Å². The molecule has 1 amide bonds. The highest BCUT2D eigenvalue weighted by Crippen LogP contribution is 2.19. The number of aryl methyl sites for hydroxylation is 1. The van der Waals surface area contributed by atoms with E-state index in [1.807, 2.05) is 53.9 Å². The Morgan fingerprint density at radius 1 is 1.09 bits per heavy atom. The van der Waals surface area contributed by atoms with Gasteiger partial charge in [0.25, 0.3) is 5.91 Å². The van der Waals surface area contributed by atoms with E-state index in [0.717, 1.165) is 29.0 Å². The molecule has 5 rings (SSSR count). The minimum atomic E-state index is -2.03. The second kappa shape index (κ2) is 10.1. The average molecular weight is 468 g/mol. The quantitative estimate of drug-likeness (QED) is 0.466. The van der Waals surface area contributed by atoms with Gasteiger partial charge in [-0.25, -0.2) is 4.98 Å². The lowest BCUT2D eigenvalue weighted by molar-refractivity contribution is 0.102. The van der Waals surface area contributed by atoms with E-state index >= 15 is 0 Å². The van der Waals surface area contributed by atoms with Crippen LogP contribution in [0.3, 0.4) is 0 Å². The summed E-state index contributed by atoms with van der Waals surface area (Å²) in [5, 5.41) is 2.95. The van der Waals surface area contributed by atoms with Crippen molar-refractivity contribution >= 4 is 17.2 Å². The summed E-state index contributed by atoms with van der Waals surface area (Å²) in [6.07, 6.45) is 6.77. The molecule has 4 aromatic rings. The number of nitrogens with zero attached hydrogens (tertiary/aromatic N) is 5. The number of piperazine rings is 1. The number of carbonyl (C=O) groups is 1. The van der Waals surface area contributed by atoms with Crippen LogP contribution < -0.4 is 5.32 Å². The van der Waals surface area contributed by atoms with Gasteiger partial charge in [0, 0.05) is 66.7 Å². The first-order valence-corrected chi connectivity index (χ1v) is 11.5. The summed E-state index contributed by atoms with van der Waals surface area (Å²) < 4.78 is 24.6. The van der Waals surface area contributed by atoms with E-state index in [0.29, 0.717) is 43.0 Å². The van der Waals surface area contributed by atoms with Crippen molar-refractivity contribution in [1.29, 1.82) is 0 Å². The topological polar surface area (TPSA) is 65.8 Å². The summed E-state index contributed by atoms with van der Waals surface area (Å²) in [5.74, 6) is 5.91. The van der Waals surface area contributed by atoms with Crippen LogP contribution in [-0.4, -0.2) is 63.2 Å². The molecular weight excluding hydrogens is 436 g/mol. The van der Waals surface area contributed by atoms with Gasteiger partial charge in [-0.1, -0.05) is 18.1 Å². The molecule has 0 aliphatic carbocycles. The second-order valence-electron chi connectivity index (χ2n) is 8.64. The molecule has 0 atom stereocenters. The molecule has 7 heteroatoms. The lowest BCUT2D eigenvalue weighted by Crippen LogP contribution is -2.43. The van der Waals surface area contributed by atoms with E-state index in [1.165, 1.54) is 6.20 Å². The first-order valence-electron chi connectivity index (χ1n) is 13.0. The number of aromatic nitrogens is 3. The lowest BCUT2D eigenvalue weighted by atomic mass is 10.1. The third-order valence-electron chi connectivity index (χ3n) is 6.12. The minimum Gasteiger partial charge on any atom is -0.322 e. The number of nitrogens with one attached hydrogen (secondary N) is 1. The van der Waals surface area contributed by atoms with Gasteiger partial charge in [0.1, 0.15) is 11.3 Å². The molecule has 176 valence electrons. The SMILES string of the molecule is [2H]C([2H])([2H])N1CCN(Cc2ccc(NC(=O)c3cncc(C#Cc4cnc5ccccn45)c3)cc2C)CC1. The van der Waals surface area contributed by atoms with Gasteiger partial charge in [-0.05, 0) is 61.3 Å². The highest BCUT2D eigenvalue weighted by molar-refractivity contribution is 6.04. The van der Waals surface area contributed by atoms with Crippen LogP contribution in [0.2, 0.25) is 0 Å². The molecule has 1 N–H and O–H groups in total. The van der Waals surface area contributed by atoms with E-state index in [-0.39, 0.29) is 5.91 Å². The van der Waals surface area contributed by atoms with E-state index in [2.05, 4.69) is 32.0 Å². The van der Waals surface area contributed by atoms with Gasteiger partial charge in [-0.2, -0.15) is 0 Å². The number of likely N-dealkylation sites (N-methyl/N-ethyl adjacent to an activating group) is 1. The van der Waals surface area contributed by atoms with Gasteiger partial charge in [0.15, 0.2) is 0 Å². The Bertz CT molecular complexity index is 1530. The number of benzene rings is 1. The van der Waals surface area contributed by atoms with Crippen molar-refractivity contribution in [3.05, 3.63) is 95.2 Å². The number of anilines is 1. The first-order chi connectivity index (χ1) is 18.3. The zero-order valence-electron chi connectivity index (χ0n) is 22.5. The Labute approximate surface area is 209 Å². The standard InChI is InChI=1S/C28H28N6O/c1-21-15-25(8-7-23(21)20-33-13-11-32(2)12-14-33)31-28(35)24-16-22(17-29-18-24)6-9-26-19-30-27-5-3-4-10-34(26)27/h3-5,7-8,10,15-19H,11-14,20H2,1-2H3,(H,31,35)/i2D3. The van der Waals surface area contributed by atoms with Crippen LogP contribution in [0.25, 0.3) is 5.65 Å². The van der Waals surface area contributed by atoms with Crippen molar-refractivity contribution in [2.45, 2.75) is 13.5 Å². The van der Waals surface area contributed by atoms with E-state index in [4.69, 9.17) is 4.11 Å². The van der Waals surface area contributed by atoms with Gasteiger partial charge in [0.05, 0.1) is 11.8 Å². The predicted molar refractivity (Wildman–Crippen MR) is 137 cm³/mol. The summed E-state index contributed by atoms with van der Waals surface area (Å²) in [5.41, 5.74) is 5.54. The average Bonchev–Trinajstić information content (AvgIpc) is 3.32. The number of amides is 1. The number of hydrogen-bond donors (Lipinski definition) is 1. The van der Waals surface area contributed by atoms with E-state index in [1.54, 1.807) is 23.4 Å². The van der Waals surface area contributed by atoms with Crippen molar-refractivity contribution in [3.63, 3.8) is 0 Å². The summed E-state index contributed by atoms with van der Waals surface area (Å²) in [6.45, 7) is 3.20. The van der Waals surface area contributed by atoms with Crippen molar-refractivity contribution in [2.75, 3.05) is 38.5 Å². The maximum absolute atomic E-state index is 12.9. The summed E-state index contributed by atoms with van der Waals surface area (Å²) in [6, 6.07) is 13.3. The molecule has 1 fully saturated rings. The molecule has 0 spiro atoms. The highest BCUT2D eigenvalue weighted by Gasteiger charge is 2.15. The highest BCUT2D eigenvalue weighted by atomic mass is 16.1. The van der Waals surface area contributed by atoms with E-state index in [9.17, 15) is 4.79 Å². The maximum atomic E-state index is 12.9. The molecule has 0 saturated carbocycles. The van der Waals surface area contributed by atoms with Gasteiger partial charge >= 0.3 is 0 Å². The fraction of sp³-hybridized carbons (Fsp3) is 0.250. The molecule has 1 aliphatic rings. The smallest absolute Gasteiger partial charge is 0.257 e. The largest absolute Gasteiger partial charge is 0.322 e. The molecule has 35 heavy (non-hydrogen) atoms. The summed E-state index contributed by atoms with van der Waals surface area (Å²) in [7, 11) is 0. The van der Waals surface area contributed by atoms with Crippen molar-refractivity contribution < 1.29 is 8.91 Å². The number of pyridine rings is 2. The number of imidazole rings is 1. The van der Waals surface area contributed by atoms with Gasteiger partial charge in [-0.3, -0.25) is 19.1 Å². The third-order valence-corrected chi connectivity index (χ3v) is 6.12. The number of rotatable bonds is 4. The van der Waals surface area contributed by atoms with Crippen molar-refractivity contribution in [3.8, 4) is 11.8 Å². The Morgan fingerprint density at radius 2 is 1.97 bits per heavy atom. The molecule has 0 unspecified atom stereocenters. The lowest BCUT2D eigenvalue weighted by Gasteiger charge is -2.32. The third kappa shape index (κ3) is 5.40. The minimum absolute atomic E-state index is 0.260. The van der Waals surface area contributed by atoms with E-state index < -0.39 is 6.98 Å². The first kappa shape index (κ1) is 19.3. The van der Waals surface area contributed by atoms with Gasteiger partial charge in [-0.15, -0.1) is 0 Å². The molecule has 4 heterocycles. The molecule has 3 aromatic heterocycles. The van der Waals surface area contributed by atoms with Crippen LogP contribution in [0.1, 0.15) is 36.9 Å². The molecule has 7 nitrogen and oxygen atoms in total. The predicted octanol–water partition coefficient (Wildman–Crippen LogP) is 3.44. The Hall–Kier alpha value is -3.99. The Morgan fingerprint density at radius 3 is 2.80 bits per heavy atom. The Balaban J connectivity index is 1.22. The molecule has 0 radical (unpaired) electrons. The van der Waals surface area contributed by atoms with Crippen LogP contribution >= 0.6 is 0 Å².